The van der Waals surface area contributed by atoms with Gasteiger partial charge < -0.3 is 5.32 Å². The highest BCUT2D eigenvalue weighted by Gasteiger charge is 2.83. The van der Waals surface area contributed by atoms with Gasteiger partial charge in [0.15, 0.2) is 0 Å². The van der Waals surface area contributed by atoms with E-state index in [9.17, 15) is 44.3 Å². The molecule has 13 heteroatoms. The van der Waals surface area contributed by atoms with E-state index in [4.69, 9.17) is 5.26 Å². The van der Waals surface area contributed by atoms with Crippen LogP contribution in [0.4, 0.5) is 44.5 Å². The monoisotopic (exact) mass is 424 g/mol. The summed E-state index contributed by atoms with van der Waals surface area (Å²) >= 11 is 0.612. The molecular formula is C14H9F9N2OS. The molecule has 1 N–H and O–H groups in total. The van der Waals surface area contributed by atoms with Crippen molar-refractivity contribution in [2.24, 2.45) is 0 Å². The van der Waals surface area contributed by atoms with Crippen LogP contribution in [0, 0.1) is 11.3 Å². The van der Waals surface area contributed by atoms with Crippen molar-refractivity contribution in [3.8, 4) is 6.07 Å². The summed E-state index contributed by atoms with van der Waals surface area (Å²) in [5.41, 5.74) is 0.101. The van der Waals surface area contributed by atoms with Gasteiger partial charge in [-0.25, -0.2) is 0 Å². The number of carbonyl (C=O) groups is 1. The van der Waals surface area contributed by atoms with Gasteiger partial charge in [0.2, 0.25) is 0 Å². The van der Waals surface area contributed by atoms with E-state index < -0.39 is 34.9 Å². The Balaban J connectivity index is 2.38. The number of hydrogen-bond donors (Lipinski definition) is 1. The Morgan fingerprint density at radius 1 is 0.963 bits per heavy atom. The molecule has 0 saturated heterocycles. The summed E-state index contributed by atoms with van der Waals surface area (Å²) in [4.78, 5) is 12.0. The van der Waals surface area contributed by atoms with Gasteiger partial charge in [-0.3, -0.25) is 4.79 Å². The molecule has 0 spiro atoms. The first kappa shape index (κ1) is 21.3. The van der Waals surface area contributed by atoms with Crippen molar-refractivity contribution in [1.29, 1.82) is 5.26 Å². The van der Waals surface area contributed by atoms with Gasteiger partial charge in [0.05, 0.1) is 5.56 Å². The lowest BCUT2D eigenvalue weighted by atomic mass is 9.96. The summed E-state index contributed by atoms with van der Waals surface area (Å²) in [6, 6.07) is 1.59. The average Bonchev–Trinajstić information content (AvgIpc) is 2.90. The van der Waals surface area contributed by atoms with Crippen LogP contribution in [0.5, 0.6) is 0 Å². The zero-order valence-corrected chi connectivity index (χ0v) is 13.8. The number of alkyl halides is 9. The Morgan fingerprint density at radius 3 is 2.04 bits per heavy atom. The van der Waals surface area contributed by atoms with E-state index in [-0.39, 0.29) is 5.56 Å². The molecule has 0 fully saturated rings. The van der Waals surface area contributed by atoms with Gasteiger partial charge in [-0.2, -0.15) is 44.8 Å². The predicted octanol–water partition coefficient (Wildman–Crippen LogP) is 4.91. The van der Waals surface area contributed by atoms with Crippen LogP contribution in [0.25, 0.3) is 0 Å². The largest absolute Gasteiger partial charge is 0.460 e. The number of nitriles is 1. The van der Waals surface area contributed by atoms with Crippen LogP contribution in [0.1, 0.15) is 28.8 Å². The smallest absolute Gasteiger partial charge is 0.311 e. The van der Waals surface area contributed by atoms with Crippen LogP contribution in [0.2, 0.25) is 0 Å². The van der Waals surface area contributed by atoms with Crippen molar-refractivity contribution in [2.75, 3.05) is 5.32 Å². The predicted molar refractivity (Wildman–Crippen MR) is 75.2 cm³/mol. The summed E-state index contributed by atoms with van der Waals surface area (Å²) in [6.07, 6.45) is -4.93. The lowest BCUT2D eigenvalue weighted by Crippen LogP contribution is -2.64. The number of amides is 1. The molecule has 0 bridgehead atoms. The highest BCUT2D eigenvalue weighted by molar-refractivity contribution is 7.16. The number of fused-ring (bicyclic) bond motifs is 1. The van der Waals surface area contributed by atoms with Gasteiger partial charge in [0.25, 0.3) is 0 Å². The Hall–Kier alpha value is -1.97. The Kier molecular flexibility index (Phi) is 5.19. The van der Waals surface area contributed by atoms with Gasteiger partial charge in [0.1, 0.15) is 11.1 Å². The number of thiophene rings is 1. The summed E-state index contributed by atoms with van der Waals surface area (Å²) in [7, 11) is 0. The first-order valence-electron chi connectivity index (χ1n) is 7.24. The lowest BCUT2D eigenvalue weighted by Gasteiger charge is -2.32. The summed E-state index contributed by atoms with van der Waals surface area (Å²) in [5.74, 6) is -23.7. The van der Waals surface area contributed by atoms with Crippen molar-refractivity contribution in [2.45, 2.75) is 49.6 Å². The maximum absolute atomic E-state index is 13.6. The third kappa shape index (κ3) is 3.24. The molecule has 0 aromatic carbocycles. The number of nitrogens with zero attached hydrogens (tertiary/aromatic N) is 1. The van der Waals surface area contributed by atoms with E-state index in [2.05, 4.69) is 0 Å². The first-order chi connectivity index (χ1) is 12.2. The number of aryl methyl sites for hydroxylation is 1. The lowest BCUT2D eigenvalue weighted by molar-refractivity contribution is -0.388. The number of halogens is 9. The molecular weight excluding hydrogens is 415 g/mol. The number of rotatable bonds is 4. The van der Waals surface area contributed by atoms with E-state index >= 15 is 0 Å². The fourth-order valence-electron chi connectivity index (χ4n) is 2.47. The van der Waals surface area contributed by atoms with Crippen LogP contribution >= 0.6 is 11.3 Å². The molecule has 150 valence electrons. The normalized spacial score (nSPS) is 15.9. The number of anilines is 1. The number of hydrogen-bond acceptors (Lipinski definition) is 3. The van der Waals surface area contributed by atoms with Crippen LogP contribution in [-0.2, 0) is 17.6 Å². The average molecular weight is 424 g/mol. The van der Waals surface area contributed by atoms with Crippen molar-refractivity contribution in [1.82, 2.24) is 0 Å². The molecule has 1 aromatic rings. The third-order valence-corrected chi connectivity index (χ3v) is 5.15. The fraction of sp³-hybridized carbons (Fsp3) is 0.571. The minimum Gasteiger partial charge on any atom is -0.311 e. The Labute approximate surface area is 149 Å². The molecule has 0 radical (unpaired) electrons. The minimum absolute atomic E-state index is 0.301. The van der Waals surface area contributed by atoms with Gasteiger partial charge in [-0.15, -0.1) is 11.3 Å². The van der Waals surface area contributed by atoms with Crippen LogP contribution in [0.3, 0.4) is 0 Å². The molecule has 1 heterocycles. The summed E-state index contributed by atoms with van der Waals surface area (Å²) < 4.78 is 116. The highest BCUT2D eigenvalue weighted by atomic mass is 32.1. The summed E-state index contributed by atoms with van der Waals surface area (Å²) in [6.45, 7) is 0. The molecule has 0 saturated carbocycles. The van der Waals surface area contributed by atoms with E-state index in [0.717, 1.165) is 0 Å². The SMILES string of the molecule is N#Cc1c(NC(=O)C(F)(F)C(F)(F)C(F)(F)C(F)(F)F)sc2c1CCCC2. The van der Waals surface area contributed by atoms with Crippen LogP contribution < -0.4 is 5.32 Å². The van der Waals surface area contributed by atoms with Crippen molar-refractivity contribution in [3.63, 3.8) is 0 Å². The summed E-state index contributed by atoms with van der Waals surface area (Å²) in [5, 5.41) is 9.69. The van der Waals surface area contributed by atoms with Crippen molar-refractivity contribution < 1.29 is 44.3 Å². The second kappa shape index (κ2) is 6.57. The maximum Gasteiger partial charge on any atom is 0.460 e. The molecule has 27 heavy (non-hydrogen) atoms. The van der Waals surface area contributed by atoms with Gasteiger partial charge >= 0.3 is 29.9 Å². The topological polar surface area (TPSA) is 52.9 Å². The fourth-order valence-corrected chi connectivity index (χ4v) is 3.71. The van der Waals surface area contributed by atoms with E-state index in [1.807, 2.05) is 0 Å². The number of nitrogens with one attached hydrogen (secondary N) is 1. The second-order valence-electron chi connectivity index (χ2n) is 5.70. The Bertz CT molecular complexity index is 792. The zero-order valence-electron chi connectivity index (χ0n) is 13.0. The van der Waals surface area contributed by atoms with Crippen molar-refractivity contribution >= 4 is 22.2 Å². The van der Waals surface area contributed by atoms with Gasteiger partial charge in [0, 0.05) is 4.88 Å². The van der Waals surface area contributed by atoms with E-state index in [1.165, 1.54) is 5.32 Å². The third-order valence-electron chi connectivity index (χ3n) is 3.94. The van der Waals surface area contributed by atoms with E-state index in [0.29, 0.717) is 47.5 Å². The van der Waals surface area contributed by atoms with Crippen molar-refractivity contribution in [3.05, 3.63) is 16.0 Å². The second-order valence-corrected chi connectivity index (χ2v) is 6.81. The molecule has 1 amide bonds. The molecule has 0 unspecified atom stereocenters. The molecule has 1 aliphatic carbocycles. The standard InChI is InChI=1S/C14H9F9N2OS/c15-11(16,12(17,18)13(19,20)14(21,22)23)10(26)25-9-7(5-24)6-3-1-2-4-8(6)27-9/h1-4H2,(H,25,26). The molecule has 3 nitrogen and oxygen atoms in total. The molecule has 1 aliphatic rings. The molecule has 2 rings (SSSR count). The van der Waals surface area contributed by atoms with Crippen LogP contribution in [-0.4, -0.2) is 29.9 Å². The number of carbonyl (C=O) groups excluding carboxylic acids is 1. The van der Waals surface area contributed by atoms with Crippen LogP contribution in [0.15, 0.2) is 0 Å². The minimum atomic E-state index is -7.16. The van der Waals surface area contributed by atoms with Gasteiger partial charge in [-0.1, -0.05) is 0 Å². The molecule has 0 atom stereocenters. The zero-order chi connectivity index (χ0) is 20.8. The quantitative estimate of drug-likeness (QED) is 0.699. The highest BCUT2D eigenvalue weighted by Crippen LogP contribution is 2.53. The maximum atomic E-state index is 13.6. The Morgan fingerprint density at radius 2 is 1.52 bits per heavy atom. The van der Waals surface area contributed by atoms with E-state index in [1.54, 1.807) is 6.07 Å². The molecule has 1 aromatic heterocycles. The van der Waals surface area contributed by atoms with Gasteiger partial charge in [-0.05, 0) is 31.2 Å². The first-order valence-corrected chi connectivity index (χ1v) is 8.06. The molecule has 0 aliphatic heterocycles.